The van der Waals surface area contributed by atoms with Gasteiger partial charge in [0.2, 0.25) is 0 Å². The topological polar surface area (TPSA) is 44.8 Å². The number of hydrogen-bond donors (Lipinski definition) is 0. The van der Waals surface area contributed by atoms with E-state index in [0.29, 0.717) is 19.6 Å². The molecule has 4 nitrogen and oxygen atoms in total. The van der Waals surface area contributed by atoms with E-state index in [1.807, 2.05) is 24.3 Å². The van der Waals surface area contributed by atoms with E-state index in [0.717, 1.165) is 12.2 Å². The summed E-state index contributed by atoms with van der Waals surface area (Å²) in [7, 11) is 3.06. The van der Waals surface area contributed by atoms with Gasteiger partial charge in [-0.15, -0.1) is 0 Å². The van der Waals surface area contributed by atoms with Gasteiger partial charge in [-0.2, -0.15) is 0 Å². The minimum absolute atomic E-state index is 0.0412. The van der Waals surface area contributed by atoms with E-state index in [9.17, 15) is 4.79 Å². The van der Waals surface area contributed by atoms with Crippen molar-refractivity contribution >= 4 is 5.97 Å². The quantitative estimate of drug-likeness (QED) is 0.749. The first-order valence-corrected chi connectivity index (χ1v) is 5.99. The van der Waals surface area contributed by atoms with E-state index in [1.165, 1.54) is 12.7 Å². The Balaban J connectivity index is 2.08. The van der Waals surface area contributed by atoms with Gasteiger partial charge in [-0.25, -0.2) is 0 Å². The molecule has 1 fully saturated rings. The lowest BCUT2D eigenvalue weighted by atomic mass is 9.75. The maximum atomic E-state index is 11.2. The summed E-state index contributed by atoms with van der Waals surface area (Å²) in [5, 5.41) is 0. The minimum Gasteiger partial charge on any atom is -0.497 e. The lowest BCUT2D eigenvalue weighted by Gasteiger charge is -2.42. The Morgan fingerprint density at radius 2 is 1.94 bits per heavy atom. The van der Waals surface area contributed by atoms with Gasteiger partial charge in [-0.1, -0.05) is 12.1 Å². The first-order chi connectivity index (χ1) is 8.70. The molecule has 0 amide bonds. The van der Waals surface area contributed by atoms with Crippen LogP contribution in [0.1, 0.15) is 18.4 Å². The Hall–Kier alpha value is -1.55. The van der Waals surface area contributed by atoms with Gasteiger partial charge in [0.1, 0.15) is 5.75 Å². The molecule has 0 bridgehead atoms. The van der Waals surface area contributed by atoms with Crippen LogP contribution in [0.5, 0.6) is 5.75 Å². The standard InChI is InChI=1S/C14H18O4/c1-16-12-5-3-11(4-6-12)14(9-18-10-14)8-7-13(15)17-2/h3-6H,7-10H2,1-2H3. The molecule has 0 aromatic heterocycles. The smallest absolute Gasteiger partial charge is 0.305 e. The fourth-order valence-electron chi connectivity index (χ4n) is 2.19. The summed E-state index contributed by atoms with van der Waals surface area (Å²) in [6.07, 6.45) is 1.18. The minimum atomic E-state index is -0.171. The normalized spacial score (nSPS) is 16.8. The second-order valence-corrected chi connectivity index (χ2v) is 4.58. The second kappa shape index (κ2) is 5.40. The summed E-state index contributed by atoms with van der Waals surface area (Å²) in [4.78, 5) is 11.2. The number of ether oxygens (including phenoxy) is 3. The first-order valence-electron chi connectivity index (χ1n) is 5.99. The molecule has 1 heterocycles. The van der Waals surface area contributed by atoms with E-state index in [2.05, 4.69) is 4.74 Å². The fourth-order valence-corrected chi connectivity index (χ4v) is 2.19. The predicted molar refractivity (Wildman–Crippen MR) is 66.7 cm³/mol. The van der Waals surface area contributed by atoms with Crippen LogP contribution in [0.15, 0.2) is 24.3 Å². The highest BCUT2D eigenvalue weighted by molar-refractivity contribution is 5.69. The van der Waals surface area contributed by atoms with Crippen LogP contribution < -0.4 is 4.74 Å². The van der Waals surface area contributed by atoms with Crippen LogP contribution in [0.2, 0.25) is 0 Å². The van der Waals surface area contributed by atoms with Gasteiger partial charge in [0.05, 0.1) is 27.4 Å². The molecule has 4 heteroatoms. The highest BCUT2D eigenvalue weighted by Gasteiger charge is 2.40. The molecule has 0 atom stereocenters. The van der Waals surface area contributed by atoms with E-state index in [1.54, 1.807) is 7.11 Å². The van der Waals surface area contributed by atoms with Crippen molar-refractivity contribution in [1.82, 2.24) is 0 Å². The zero-order valence-electron chi connectivity index (χ0n) is 10.8. The third-order valence-electron chi connectivity index (χ3n) is 3.49. The van der Waals surface area contributed by atoms with Gasteiger partial charge in [-0.05, 0) is 24.1 Å². The van der Waals surface area contributed by atoms with Gasteiger partial charge in [0.25, 0.3) is 0 Å². The molecule has 0 aliphatic carbocycles. The van der Waals surface area contributed by atoms with Crippen LogP contribution >= 0.6 is 0 Å². The molecule has 0 spiro atoms. The van der Waals surface area contributed by atoms with Gasteiger partial charge in [0, 0.05) is 11.8 Å². The lowest BCUT2D eigenvalue weighted by Crippen LogP contribution is -2.47. The van der Waals surface area contributed by atoms with Gasteiger partial charge in [-0.3, -0.25) is 4.79 Å². The average Bonchev–Trinajstić information content (AvgIpc) is 2.38. The van der Waals surface area contributed by atoms with Crippen molar-refractivity contribution in [3.8, 4) is 5.75 Å². The first kappa shape index (κ1) is 12.9. The molecule has 0 saturated carbocycles. The summed E-state index contributed by atoms with van der Waals surface area (Å²) >= 11 is 0. The lowest BCUT2D eigenvalue weighted by molar-refractivity contribution is -0.142. The number of carbonyl (C=O) groups excluding carboxylic acids is 1. The predicted octanol–water partition coefficient (Wildman–Crippen LogP) is 1.92. The molecular formula is C14H18O4. The number of esters is 1. The average molecular weight is 250 g/mol. The van der Waals surface area contributed by atoms with Crippen molar-refractivity contribution in [2.45, 2.75) is 18.3 Å². The van der Waals surface area contributed by atoms with Crippen molar-refractivity contribution in [3.05, 3.63) is 29.8 Å². The Morgan fingerprint density at radius 1 is 1.28 bits per heavy atom. The van der Waals surface area contributed by atoms with Crippen LogP contribution in [0, 0.1) is 0 Å². The number of rotatable bonds is 5. The third kappa shape index (κ3) is 2.48. The summed E-state index contributed by atoms with van der Waals surface area (Å²) in [5.41, 5.74) is 1.15. The molecule has 18 heavy (non-hydrogen) atoms. The zero-order valence-corrected chi connectivity index (χ0v) is 10.8. The van der Waals surface area contributed by atoms with Crippen molar-refractivity contribution < 1.29 is 19.0 Å². The molecule has 0 unspecified atom stereocenters. The molecule has 1 aromatic rings. The largest absolute Gasteiger partial charge is 0.497 e. The molecule has 0 N–H and O–H groups in total. The number of benzene rings is 1. The fraction of sp³-hybridized carbons (Fsp3) is 0.500. The summed E-state index contributed by atoms with van der Waals surface area (Å²) in [5.74, 6) is 0.664. The Morgan fingerprint density at radius 3 is 2.39 bits per heavy atom. The van der Waals surface area contributed by atoms with Crippen LogP contribution in [-0.4, -0.2) is 33.4 Å². The van der Waals surface area contributed by atoms with Crippen LogP contribution in [0.25, 0.3) is 0 Å². The summed E-state index contributed by atoms with van der Waals surface area (Å²) < 4.78 is 15.2. The number of carbonyl (C=O) groups is 1. The van der Waals surface area contributed by atoms with E-state index >= 15 is 0 Å². The van der Waals surface area contributed by atoms with Crippen molar-refractivity contribution in [2.75, 3.05) is 27.4 Å². The van der Waals surface area contributed by atoms with Gasteiger partial charge in [0.15, 0.2) is 0 Å². The van der Waals surface area contributed by atoms with Crippen molar-refractivity contribution in [1.29, 1.82) is 0 Å². The van der Waals surface area contributed by atoms with Crippen molar-refractivity contribution in [2.24, 2.45) is 0 Å². The Labute approximate surface area is 107 Å². The monoisotopic (exact) mass is 250 g/mol. The molecule has 1 aromatic carbocycles. The van der Waals surface area contributed by atoms with E-state index in [-0.39, 0.29) is 11.4 Å². The third-order valence-corrected chi connectivity index (χ3v) is 3.49. The van der Waals surface area contributed by atoms with Crippen LogP contribution in [0.3, 0.4) is 0 Å². The molecule has 98 valence electrons. The summed E-state index contributed by atoms with van der Waals surface area (Å²) in [6, 6.07) is 7.96. The highest BCUT2D eigenvalue weighted by Crippen LogP contribution is 2.37. The van der Waals surface area contributed by atoms with Gasteiger partial charge >= 0.3 is 5.97 Å². The SMILES string of the molecule is COC(=O)CCC1(c2ccc(OC)cc2)COC1. The zero-order chi connectivity index (χ0) is 13.0. The van der Waals surface area contributed by atoms with E-state index in [4.69, 9.17) is 9.47 Å². The number of methoxy groups -OCH3 is 2. The Bertz CT molecular complexity index is 406. The summed E-state index contributed by atoms with van der Waals surface area (Å²) in [6.45, 7) is 1.33. The maximum Gasteiger partial charge on any atom is 0.305 e. The highest BCUT2D eigenvalue weighted by atomic mass is 16.5. The molecular weight excluding hydrogens is 232 g/mol. The molecule has 2 rings (SSSR count). The molecule has 1 aliphatic rings. The number of hydrogen-bond acceptors (Lipinski definition) is 4. The van der Waals surface area contributed by atoms with Crippen LogP contribution in [-0.2, 0) is 19.7 Å². The van der Waals surface area contributed by atoms with Crippen molar-refractivity contribution in [3.63, 3.8) is 0 Å². The molecule has 1 saturated heterocycles. The maximum absolute atomic E-state index is 11.2. The molecule has 1 aliphatic heterocycles. The molecule has 0 radical (unpaired) electrons. The van der Waals surface area contributed by atoms with Crippen LogP contribution in [0.4, 0.5) is 0 Å². The second-order valence-electron chi connectivity index (χ2n) is 4.58. The Kier molecular flexibility index (Phi) is 3.87. The van der Waals surface area contributed by atoms with E-state index < -0.39 is 0 Å². The van der Waals surface area contributed by atoms with Gasteiger partial charge < -0.3 is 14.2 Å².